The Morgan fingerprint density at radius 2 is 2.15 bits per heavy atom. The molecule has 4 N–H and O–H groups in total. The number of hydrogen-bond acceptors (Lipinski definition) is 3. The molecule has 0 unspecified atom stereocenters. The molecule has 1 amide bonds. The number of aliphatic hydroxyl groups excluding tert-OH is 1. The highest BCUT2D eigenvalue weighted by atomic mass is 16.2. The lowest BCUT2D eigenvalue weighted by Gasteiger charge is -2.25. The fraction of sp³-hybridized carbons (Fsp3) is 0.667. The molecular formula is C15H27N3O2. The van der Waals surface area contributed by atoms with Gasteiger partial charge in [-0.1, -0.05) is 13.8 Å². The molecule has 0 spiro atoms. The summed E-state index contributed by atoms with van der Waals surface area (Å²) >= 11 is 0. The van der Waals surface area contributed by atoms with Gasteiger partial charge in [-0.15, -0.1) is 0 Å². The van der Waals surface area contributed by atoms with Crippen molar-refractivity contribution in [1.29, 1.82) is 0 Å². The van der Waals surface area contributed by atoms with Crippen LogP contribution >= 0.6 is 0 Å². The SMILES string of the molecule is CC(C)n1cc(N)cc1C(=O)NCC(C)(C)CCCO. The molecule has 1 aromatic heterocycles. The summed E-state index contributed by atoms with van der Waals surface area (Å²) in [6, 6.07) is 1.89. The van der Waals surface area contributed by atoms with Gasteiger partial charge in [-0.3, -0.25) is 4.79 Å². The number of amides is 1. The highest BCUT2D eigenvalue weighted by molar-refractivity contribution is 5.93. The van der Waals surface area contributed by atoms with Crippen LogP contribution < -0.4 is 11.1 Å². The van der Waals surface area contributed by atoms with E-state index >= 15 is 0 Å². The van der Waals surface area contributed by atoms with Crippen molar-refractivity contribution >= 4 is 11.6 Å². The summed E-state index contributed by atoms with van der Waals surface area (Å²) in [5, 5.41) is 11.8. The molecule has 5 heteroatoms. The summed E-state index contributed by atoms with van der Waals surface area (Å²) < 4.78 is 1.88. The minimum atomic E-state index is -0.104. The number of hydrogen-bond donors (Lipinski definition) is 3. The van der Waals surface area contributed by atoms with E-state index in [0.29, 0.717) is 17.9 Å². The van der Waals surface area contributed by atoms with Gasteiger partial charge in [-0.2, -0.15) is 0 Å². The van der Waals surface area contributed by atoms with Crippen LogP contribution in [0.4, 0.5) is 5.69 Å². The number of nitrogen functional groups attached to an aromatic ring is 1. The summed E-state index contributed by atoms with van der Waals surface area (Å²) in [5.74, 6) is -0.104. The van der Waals surface area contributed by atoms with Crippen molar-refractivity contribution in [2.24, 2.45) is 5.41 Å². The molecule has 0 aliphatic rings. The maximum absolute atomic E-state index is 12.3. The van der Waals surface area contributed by atoms with E-state index in [2.05, 4.69) is 19.2 Å². The third-order valence-corrected chi connectivity index (χ3v) is 3.40. The topological polar surface area (TPSA) is 80.3 Å². The summed E-state index contributed by atoms with van der Waals surface area (Å²) in [4.78, 5) is 12.3. The number of rotatable bonds is 7. The van der Waals surface area contributed by atoms with E-state index in [1.54, 1.807) is 12.3 Å². The first kappa shape index (κ1) is 16.6. The molecule has 1 heterocycles. The normalized spacial score (nSPS) is 11.9. The van der Waals surface area contributed by atoms with Crippen LogP contribution in [-0.4, -0.2) is 28.7 Å². The van der Waals surface area contributed by atoms with E-state index in [1.165, 1.54) is 0 Å². The predicted molar refractivity (Wildman–Crippen MR) is 81.7 cm³/mol. The molecule has 0 fully saturated rings. The van der Waals surface area contributed by atoms with E-state index in [0.717, 1.165) is 12.8 Å². The third-order valence-electron chi connectivity index (χ3n) is 3.40. The molecule has 114 valence electrons. The van der Waals surface area contributed by atoms with E-state index in [1.807, 2.05) is 18.4 Å². The van der Waals surface area contributed by atoms with E-state index < -0.39 is 0 Å². The first-order valence-electron chi connectivity index (χ1n) is 7.13. The zero-order valence-electron chi connectivity index (χ0n) is 12.9. The van der Waals surface area contributed by atoms with Gasteiger partial charge < -0.3 is 20.7 Å². The predicted octanol–water partition coefficient (Wildman–Crippen LogP) is 2.18. The number of aromatic nitrogens is 1. The minimum Gasteiger partial charge on any atom is -0.397 e. The standard InChI is InChI=1S/C15H27N3O2/c1-11(2)18-9-12(16)8-13(18)14(20)17-10-15(3,4)6-5-7-19/h8-9,11,19H,5-7,10,16H2,1-4H3,(H,17,20). The maximum Gasteiger partial charge on any atom is 0.268 e. The average Bonchev–Trinajstić information content (AvgIpc) is 2.76. The van der Waals surface area contributed by atoms with Crippen molar-refractivity contribution in [2.75, 3.05) is 18.9 Å². The van der Waals surface area contributed by atoms with Gasteiger partial charge in [0.1, 0.15) is 5.69 Å². The van der Waals surface area contributed by atoms with Crippen LogP contribution in [-0.2, 0) is 0 Å². The summed E-state index contributed by atoms with van der Waals surface area (Å²) in [5.41, 5.74) is 6.94. The molecule has 0 bridgehead atoms. The van der Waals surface area contributed by atoms with Gasteiger partial charge in [0, 0.05) is 25.4 Å². The second kappa shape index (κ2) is 6.79. The lowest BCUT2D eigenvalue weighted by Crippen LogP contribution is -2.35. The number of nitrogens with zero attached hydrogens (tertiary/aromatic N) is 1. The number of nitrogens with two attached hydrogens (primary N) is 1. The fourth-order valence-electron chi connectivity index (χ4n) is 2.17. The molecule has 1 aromatic rings. The summed E-state index contributed by atoms with van der Waals surface area (Å²) in [6.45, 7) is 8.96. The molecule has 0 saturated carbocycles. The highest BCUT2D eigenvalue weighted by Gasteiger charge is 2.20. The van der Waals surface area contributed by atoms with Gasteiger partial charge in [-0.25, -0.2) is 0 Å². The van der Waals surface area contributed by atoms with Crippen LogP contribution in [0.3, 0.4) is 0 Å². The van der Waals surface area contributed by atoms with Crippen LogP contribution in [0.15, 0.2) is 12.3 Å². The van der Waals surface area contributed by atoms with Crippen molar-refractivity contribution < 1.29 is 9.90 Å². The zero-order valence-corrected chi connectivity index (χ0v) is 12.9. The lowest BCUT2D eigenvalue weighted by atomic mass is 9.88. The molecule has 0 aromatic carbocycles. The Morgan fingerprint density at radius 3 is 2.70 bits per heavy atom. The monoisotopic (exact) mass is 281 g/mol. The van der Waals surface area contributed by atoms with Crippen LogP contribution in [0, 0.1) is 5.41 Å². The largest absolute Gasteiger partial charge is 0.397 e. The molecule has 1 rings (SSSR count). The molecular weight excluding hydrogens is 254 g/mol. The van der Waals surface area contributed by atoms with Gasteiger partial charge in [0.15, 0.2) is 0 Å². The molecule has 0 atom stereocenters. The molecule has 20 heavy (non-hydrogen) atoms. The molecule has 5 nitrogen and oxygen atoms in total. The Morgan fingerprint density at radius 1 is 1.50 bits per heavy atom. The summed E-state index contributed by atoms with van der Waals surface area (Å²) in [7, 11) is 0. The van der Waals surface area contributed by atoms with Crippen molar-refractivity contribution in [3.05, 3.63) is 18.0 Å². The Hall–Kier alpha value is -1.49. The molecule has 0 aliphatic carbocycles. The smallest absolute Gasteiger partial charge is 0.268 e. The van der Waals surface area contributed by atoms with Crippen LogP contribution in [0.1, 0.15) is 57.1 Å². The Kier molecular flexibility index (Phi) is 5.62. The zero-order chi connectivity index (χ0) is 15.3. The number of carbonyl (C=O) groups is 1. The number of aliphatic hydroxyl groups is 1. The fourth-order valence-corrected chi connectivity index (χ4v) is 2.17. The van der Waals surface area contributed by atoms with Crippen molar-refractivity contribution in [1.82, 2.24) is 9.88 Å². The van der Waals surface area contributed by atoms with Gasteiger partial charge in [0.2, 0.25) is 0 Å². The number of carbonyl (C=O) groups excluding carboxylic acids is 1. The van der Waals surface area contributed by atoms with E-state index in [4.69, 9.17) is 10.8 Å². The second-order valence-corrected chi connectivity index (χ2v) is 6.33. The molecule has 0 saturated heterocycles. The second-order valence-electron chi connectivity index (χ2n) is 6.33. The average molecular weight is 281 g/mol. The molecule has 0 radical (unpaired) electrons. The van der Waals surface area contributed by atoms with E-state index in [9.17, 15) is 4.79 Å². The van der Waals surface area contributed by atoms with Crippen LogP contribution in [0.5, 0.6) is 0 Å². The maximum atomic E-state index is 12.3. The Labute approximate surface area is 121 Å². The highest BCUT2D eigenvalue weighted by Crippen LogP contribution is 2.21. The van der Waals surface area contributed by atoms with Crippen LogP contribution in [0.2, 0.25) is 0 Å². The van der Waals surface area contributed by atoms with Gasteiger partial charge in [0.25, 0.3) is 5.91 Å². The summed E-state index contributed by atoms with van der Waals surface area (Å²) in [6.07, 6.45) is 3.41. The quantitative estimate of drug-likeness (QED) is 0.716. The number of anilines is 1. The third kappa shape index (κ3) is 4.56. The van der Waals surface area contributed by atoms with Gasteiger partial charge in [0.05, 0.1) is 5.69 Å². The van der Waals surface area contributed by atoms with E-state index in [-0.39, 0.29) is 24.0 Å². The minimum absolute atomic E-state index is 0.0286. The Balaban J connectivity index is 2.68. The van der Waals surface area contributed by atoms with Gasteiger partial charge in [-0.05, 0) is 38.2 Å². The first-order valence-corrected chi connectivity index (χ1v) is 7.13. The van der Waals surface area contributed by atoms with Gasteiger partial charge >= 0.3 is 0 Å². The lowest BCUT2D eigenvalue weighted by molar-refractivity contribution is 0.0922. The van der Waals surface area contributed by atoms with Crippen molar-refractivity contribution in [2.45, 2.75) is 46.6 Å². The van der Waals surface area contributed by atoms with Crippen LogP contribution in [0.25, 0.3) is 0 Å². The first-order chi connectivity index (χ1) is 9.26. The van der Waals surface area contributed by atoms with Crippen molar-refractivity contribution in [3.63, 3.8) is 0 Å². The van der Waals surface area contributed by atoms with Crippen molar-refractivity contribution in [3.8, 4) is 0 Å². The Bertz CT molecular complexity index is 450. The molecule has 0 aliphatic heterocycles. The number of nitrogens with one attached hydrogen (secondary N) is 1.